The summed E-state index contributed by atoms with van der Waals surface area (Å²) < 4.78 is 15.6. The molecule has 0 saturated heterocycles. The summed E-state index contributed by atoms with van der Waals surface area (Å²) in [5, 5.41) is 5.71. The molecule has 7 nitrogen and oxygen atoms in total. The van der Waals surface area contributed by atoms with E-state index in [9.17, 15) is 9.59 Å². The van der Waals surface area contributed by atoms with Crippen molar-refractivity contribution >= 4 is 35.0 Å². The fraction of sp³-hybridized carbons (Fsp3) is 0.167. The third-order valence-electron chi connectivity index (χ3n) is 4.50. The molecule has 3 aromatic carbocycles. The monoisotopic (exact) mass is 452 g/mol. The zero-order chi connectivity index (χ0) is 22.9. The number of hydrogen-bond donors (Lipinski definition) is 2. The minimum atomic E-state index is -0.223. The van der Waals surface area contributed by atoms with E-state index >= 15 is 0 Å². The molecular formula is C24H24N2O5S. The van der Waals surface area contributed by atoms with Gasteiger partial charge >= 0.3 is 0 Å². The molecule has 0 heterocycles. The molecule has 32 heavy (non-hydrogen) atoms. The van der Waals surface area contributed by atoms with Crippen molar-refractivity contribution in [3.05, 3.63) is 72.3 Å². The number of hydrogen-bond acceptors (Lipinski definition) is 6. The number of ether oxygens (including phenoxy) is 3. The van der Waals surface area contributed by atoms with Gasteiger partial charge in [-0.3, -0.25) is 9.59 Å². The minimum absolute atomic E-state index is 0.175. The Kier molecular flexibility index (Phi) is 7.99. The molecule has 0 aliphatic heterocycles. The van der Waals surface area contributed by atoms with Crippen LogP contribution in [0.4, 0.5) is 11.4 Å². The molecule has 0 aliphatic carbocycles. The number of anilines is 2. The molecule has 2 N–H and O–H groups in total. The van der Waals surface area contributed by atoms with Crippen molar-refractivity contribution < 1.29 is 23.8 Å². The van der Waals surface area contributed by atoms with E-state index in [-0.39, 0.29) is 17.6 Å². The van der Waals surface area contributed by atoms with Gasteiger partial charge in [0.1, 0.15) is 17.2 Å². The summed E-state index contributed by atoms with van der Waals surface area (Å²) in [6, 6.07) is 19.4. The molecule has 0 radical (unpaired) electrons. The molecule has 0 spiro atoms. The SMILES string of the molecule is COc1ccc(C(=O)Nc2cccc(SCC(=O)Nc3ccc(OC)cc3OC)c2)cc1. The summed E-state index contributed by atoms with van der Waals surface area (Å²) in [4.78, 5) is 25.7. The smallest absolute Gasteiger partial charge is 0.255 e. The van der Waals surface area contributed by atoms with E-state index in [1.807, 2.05) is 18.2 Å². The molecule has 8 heteroatoms. The van der Waals surface area contributed by atoms with E-state index < -0.39 is 0 Å². The van der Waals surface area contributed by atoms with E-state index in [0.717, 1.165) is 4.90 Å². The number of thioether (sulfide) groups is 1. The van der Waals surface area contributed by atoms with Crippen LogP contribution in [0.2, 0.25) is 0 Å². The summed E-state index contributed by atoms with van der Waals surface area (Å²) in [5.41, 5.74) is 1.74. The predicted octanol–water partition coefficient (Wildman–Crippen LogP) is 4.70. The molecule has 0 aliphatic rings. The first-order valence-corrected chi connectivity index (χ1v) is 10.7. The first-order chi connectivity index (χ1) is 15.5. The number of carbonyl (C=O) groups is 2. The van der Waals surface area contributed by atoms with Gasteiger partial charge in [0.15, 0.2) is 0 Å². The first-order valence-electron chi connectivity index (χ1n) is 9.72. The van der Waals surface area contributed by atoms with Crippen LogP contribution in [0.15, 0.2) is 71.6 Å². The van der Waals surface area contributed by atoms with Crippen LogP contribution in [0.25, 0.3) is 0 Å². The highest BCUT2D eigenvalue weighted by molar-refractivity contribution is 8.00. The van der Waals surface area contributed by atoms with Gasteiger partial charge in [-0.25, -0.2) is 0 Å². The molecule has 0 fully saturated rings. The van der Waals surface area contributed by atoms with Gasteiger partial charge in [0.05, 0.1) is 32.8 Å². The largest absolute Gasteiger partial charge is 0.497 e. The van der Waals surface area contributed by atoms with E-state index in [1.165, 1.54) is 18.9 Å². The zero-order valence-electron chi connectivity index (χ0n) is 18.0. The lowest BCUT2D eigenvalue weighted by Crippen LogP contribution is -2.14. The average Bonchev–Trinajstić information content (AvgIpc) is 2.83. The van der Waals surface area contributed by atoms with E-state index in [0.29, 0.717) is 34.2 Å². The van der Waals surface area contributed by atoms with Crippen LogP contribution in [0.5, 0.6) is 17.2 Å². The zero-order valence-corrected chi connectivity index (χ0v) is 18.8. The Hall–Kier alpha value is -3.65. The van der Waals surface area contributed by atoms with Crippen LogP contribution in [-0.4, -0.2) is 38.9 Å². The quantitative estimate of drug-likeness (QED) is 0.458. The van der Waals surface area contributed by atoms with Gasteiger partial charge in [0.25, 0.3) is 5.91 Å². The van der Waals surface area contributed by atoms with Crippen molar-refractivity contribution in [3.8, 4) is 17.2 Å². The molecule has 2 amide bonds. The molecular weight excluding hydrogens is 428 g/mol. The number of carbonyl (C=O) groups excluding carboxylic acids is 2. The molecule has 0 atom stereocenters. The number of benzene rings is 3. The summed E-state index contributed by atoms with van der Waals surface area (Å²) in [6.07, 6.45) is 0. The van der Waals surface area contributed by atoms with Gasteiger partial charge < -0.3 is 24.8 Å². The minimum Gasteiger partial charge on any atom is -0.497 e. The first kappa shape index (κ1) is 23.0. The van der Waals surface area contributed by atoms with Crippen LogP contribution < -0.4 is 24.8 Å². The number of nitrogens with one attached hydrogen (secondary N) is 2. The molecule has 0 unspecified atom stereocenters. The van der Waals surface area contributed by atoms with Crippen molar-refractivity contribution in [3.63, 3.8) is 0 Å². The van der Waals surface area contributed by atoms with Gasteiger partial charge in [0, 0.05) is 22.2 Å². The van der Waals surface area contributed by atoms with Crippen molar-refractivity contribution in [2.24, 2.45) is 0 Å². The Morgan fingerprint density at radius 2 is 1.53 bits per heavy atom. The fourth-order valence-electron chi connectivity index (χ4n) is 2.85. The average molecular weight is 453 g/mol. The maximum atomic E-state index is 12.5. The van der Waals surface area contributed by atoms with Crippen LogP contribution >= 0.6 is 11.8 Å². The van der Waals surface area contributed by atoms with Crippen LogP contribution in [0.1, 0.15) is 10.4 Å². The van der Waals surface area contributed by atoms with Crippen LogP contribution in [-0.2, 0) is 4.79 Å². The molecule has 0 aromatic heterocycles. The van der Waals surface area contributed by atoms with Gasteiger partial charge in [-0.1, -0.05) is 6.07 Å². The Balaban J connectivity index is 1.57. The third-order valence-corrected chi connectivity index (χ3v) is 5.49. The number of rotatable bonds is 9. The molecule has 0 saturated carbocycles. The summed E-state index contributed by atoms with van der Waals surface area (Å²) in [6.45, 7) is 0. The summed E-state index contributed by atoms with van der Waals surface area (Å²) in [7, 11) is 4.67. The van der Waals surface area contributed by atoms with E-state index in [2.05, 4.69) is 10.6 Å². The maximum Gasteiger partial charge on any atom is 0.255 e. The summed E-state index contributed by atoms with van der Waals surface area (Å²) in [5.74, 6) is 1.65. The van der Waals surface area contributed by atoms with Gasteiger partial charge in [-0.15, -0.1) is 11.8 Å². The van der Waals surface area contributed by atoms with Gasteiger partial charge in [-0.05, 0) is 54.6 Å². The lowest BCUT2D eigenvalue weighted by Gasteiger charge is -2.12. The topological polar surface area (TPSA) is 85.9 Å². The predicted molar refractivity (Wildman–Crippen MR) is 126 cm³/mol. The fourth-order valence-corrected chi connectivity index (χ4v) is 3.60. The van der Waals surface area contributed by atoms with Crippen molar-refractivity contribution in [2.45, 2.75) is 4.90 Å². The molecule has 166 valence electrons. The lowest BCUT2D eigenvalue weighted by molar-refractivity contribution is -0.113. The van der Waals surface area contributed by atoms with Gasteiger partial charge in [0.2, 0.25) is 5.91 Å². The normalized spacial score (nSPS) is 10.2. The van der Waals surface area contributed by atoms with Crippen LogP contribution in [0.3, 0.4) is 0 Å². The molecule has 3 rings (SSSR count). The van der Waals surface area contributed by atoms with Crippen molar-refractivity contribution in [1.82, 2.24) is 0 Å². The van der Waals surface area contributed by atoms with Gasteiger partial charge in [-0.2, -0.15) is 0 Å². The van der Waals surface area contributed by atoms with E-state index in [4.69, 9.17) is 14.2 Å². The second-order valence-corrected chi connectivity index (χ2v) is 7.66. The van der Waals surface area contributed by atoms with E-state index in [1.54, 1.807) is 62.8 Å². The van der Waals surface area contributed by atoms with Crippen molar-refractivity contribution in [1.29, 1.82) is 0 Å². The standard InChI is InChI=1S/C24H24N2O5S/c1-29-18-9-7-16(8-10-18)24(28)25-17-5-4-6-20(13-17)32-15-23(27)26-21-12-11-19(30-2)14-22(21)31-3/h4-14H,15H2,1-3H3,(H,25,28)(H,26,27). The second-order valence-electron chi connectivity index (χ2n) is 6.61. The molecule has 3 aromatic rings. The second kappa shape index (κ2) is 11.1. The summed E-state index contributed by atoms with van der Waals surface area (Å²) >= 11 is 1.37. The Morgan fingerprint density at radius 1 is 0.812 bits per heavy atom. The Morgan fingerprint density at radius 3 is 2.22 bits per heavy atom. The Labute approximate surface area is 191 Å². The highest BCUT2D eigenvalue weighted by Crippen LogP contribution is 2.29. The highest BCUT2D eigenvalue weighted by Gasteiger charge is 2.11. The lowest BCUT2D eigenvalue weighted by atomic mass is 10.2. The van der Waals surface area contributed by atoms with Crippen molar-refractivity contribution in [2.75, 3.05) is 37.7 Å². The highest BCUT2D eigenvalue weighted by atomic mass is 32.2. The third kappa shape index (κ3) is 6.18. The van der Waals surface area contributed by atoms with Crippen LogP contribution in [0, 0.1) is 0 Å². The Bertz CT molecular complexity index is 1090. The maximum absolute atomic E-state index is 12.5. The number of amides is 2. The molecule has 0 bridgehead atoms. The number of methoxy groups -OCH3 is 3.